The molecule has 0 radical (unpaired) electrons. The van der Waals surface area contributed by atoms with Gasteiger partial charge in [-0.3, -0.25) is 0 Å². The Hall–Kier alpha value is -1.35. The fourth-order valence-electron chi connectivity index (χ4n) is 1.18. The van der Waals surface area contributed by atoms with Crippen LogP contribution >= 0.6 is 0 Å². The van der Waals surface area contributed by atoms with Gasteiger partial charge in [0.1, 0.15) is 0 Å². The molecule has 0 spiro atoms. The summed E-state index contributed by atoms with van der Waals surface area (Å²) in [4.78, 5) is 0. The van der Waals surface area contributed by atoms with Gasteiger partial charge in [0.25, 0.3) is 0 Å². The van der Waals surface area contributed by atoms with E-state index in [0.717, 1.165) is 16.8 Å². The topological polar surface area (TPSA) is 61.9 Å². The lowest BCUT2D eigenvalue weighted by molar-refractivity contribution is 1.07. The minimum absolute atomic E-state index is 0.472. The zero-order chi connectivity index (χ0) is 8.97. The normalized spacial score (nSPS) is 9.50. The monoisotopic (exact) mass is 163 g/mol. The first-order valence-corrected chi connectivity index (χ1v) is 3.83. The molecule has 0 saturated heterocycles. The molecule has 4 N–H and O–H groups in total. The molecule has 0 amide bonds. The summed E-state index contributed by atoms with van der Waals surface area (Å²) in [5, 5.41) is 10.2. The van der Waals surface area contributed by atoms with Gasteiger partial charge in [0, 0.05) is 31.1 Å². The van der Waals surface area contributed by atoms with Gasteiger partial charge >= 0.3 is 0 Å². The van der Waals surface area contributed by atoms with E-state index in [2.05, 4.69) is 5.32 Å². The molecule has 1 aromatic carbocycles. The van der Waals surface area contributed by atoms with E-state index in [0.29, 0.717) is 6.54 Å². The van der Waals surface area contributed by atoms with Crippen LogP contribution < -0.4 is 11.1 Å². The Morgan fingerprint density at radius 3 is 2.83 bits per heavy atom. The van der Waals surface area contributed by atoms with Gasteiger partial charge in [-0.2, -0.15) is 0 Å². The molecule has 0 fully saturated rings. The van der Waals surface area contributed by atoms with Gasteiger partial charge in [-0.15, -0.1) is 0 Å². The van der Waals surface area contributed by atoms with Crippen LogP contribution in [0.15, 0.2) is 18.2 Å². The molecule has 1 aromatic rings. The van der Waals surface area contributed by atoms with Crippen molar-refractivity contribution in [2.45, 2.75) is 6.54 Å². The zero-order valence-electron chi connectivity index (χ0n) is 7.09. The third kappa shape index (κ3) is 1.46. The second-order valence-electron chi connectivity index (χ2n) is 2.48. The molecular weight excluding hydrogens is 150 g/mol. The lowest BCUT2D eigenvalue weighted by Gasteiger charge is -2.08. The maximum atomic E-state index is 7.21. The molecule has 0 bridgehead atoms. The van der Waals surface area contributed by atoms with Crippen molar-refractivity contribution in [3.05, 3.63) is 29.3 Å². The first-order chi connectivity index (χ1) is 5.83. The molecule has 0 aliphatic carbocycles. The minimum atomic E-state index is 0.472. The predicted molar refractivity (Wildman–Crippen MR) is 51.8 cm³/mol. The van der Waals surface area contributed by atoms with Gasteiger partial charge in [0.2, 0.25) is 0 Å². The average molecular weight is 163 g/mol. The van der Waals surface area contributed by atoms with Gasteiger partial charge in [-0.05, 0) is 11.6 Å². The summed E-state index contributed by atoms with van der Waals surface area (Å²) in [5.74, 6) is 0. The van der Waals surface area contributed by atoms with Crippen LogP contribution in [0, 0.1) is 5.41 Å². The van der Waals surface area contributed by atoms with Gasteiger partial charge in [-0.25, -0.2) is 0 Å². The van der Waals surface area contributed by atoms with Crippen LogP contribution in [0.1, 0.15) is 11.1 Å². The maximum absolute atomic E-state index is 7.21. The molecule has 0 unspecified atom stereocenters. The fourth-order valence-corrected chi connectivity index (χ4v) is 1.18. The van der Waals surface area contributed by atoms with Gasteiger partial charge < -0.3 is 16.5 Å². The molecule has 3 heteroatoms. The molecule has 0 aliphatic heterocycles. The Labute approximate surface area is 72.1 Å². The van der Waals surface area contributed by atoms with Crippen LogP contribution in [0.2, 0.25) is 0 Å². The predicted octanol–water partition coefficient (Wildman–Crippen LogP) is 1.18. The third-order valence-electron chi connectivity index (χ3n) is 1.83. The maximum Gasteiger partial charge on any atom is 0.0429 e. The fraction of sp³-hybridized carbons (Fsp3) is 0.222. The molecule has 1 rings (SSSR count). The molecule has 0 saturated carbocycles. The summed E-state index contributed by atoms with van der Waals surface area (Å²) in [7, 11) is 1.84. The van der Waals surface area contributed by atoms with Crippen molar-refractivity contribution >= 4 is 11.9 Å². The number of benzene rings is 1. The molecule has 12 heavy (non-hydrogen) atoms. The average Bonchev–Trinajstić information content (AvgIpc) is 2.16. The van der Waals surface area contributed by atoms with Crippen LogP contribution in [0.5, 0.6) is 0 Å². The Kier molecular flexibility index (Phi) is 2.82. The Morgan fingerprint density at radius 1 is 1.58 bits per heavy atom. The van der Waals surface area contributed by atoms with Crippen molar-refractivity contribution in [1.29, 1.82) is 5.41 Å². The van der Waals surface area contributed by atoms with E-state index in [1.807, 2.05) is 25.2 Å². The molecule has 0 atom stereocenters. The van der Waals surface area contributed by atoms with Gasteiger partial charge in [-0.1, -0.05) is 12.1 Å². The Balaban J connectivity index is 3.21. The van der Waals surface area contributed by atoms with E-state index in [4.69, 9.17) is 11.1 Å². The number of nitrogens with one attached hydrogen (secondary N) is 2. The van der Waals surface area contributed by atoms with Crippen molar-refractivity contribution in [3.63, 3.8) is 0 Å². The van der Waals surface area contributed by atoms with Crippen molar-refractivity contribution in [3.8, 4) is 0 Å². The van der Waals surface area contributed by atoms with E-state index in [1.54, 1.807) is 0 Å². The number of nitrogens with two attached hydrogens (primary N) is 1. The summed E-state index contributed by atoms with van der Waals surface area (Å²) in [6.07, 6.45) is 1.33. The van der Waals surface area contributed by atoms with Crippen molar-refractivity contribution in [1.82, 2.24) is 0 Å². The highest BCUT2D eigenvalue weighted by Gasteiger charge is 2.01. The quantitative estimate of drug-likeness (QED) is 0.586. The SMILES string of the molecule is CNc1cccc(CN)c1C=N. The Morgan fingerprint density at radius 2 is 2.33 bits per heavy atom. The molecule has 0 aromatic heterocycles. The van der Waals surface area contributed by atoms with Crippen LogP contribution in [0.4, 0.5) is 5.69 Å². The minimum Gasteiger partial charge on any atom is -0.388 e. The molecule has 64 valence electrons. The summed E-state index contributed by atoms with van der Waals surface area (Å²) in [6, 6.07) is 5.79. The second kappa shape index (κ2) is 3.88. The smallest absolute Gasteiger partial charge is 0.0429 e. The van der Waals surface area contributed by atoms with Gasteiger partial charge in [0.05, 0.1) is 0 Å². The lowest BCUT2D eigenvalue weighted by Crippen LogP contribution is -2.04. The van der Waals surface area contributed by atoms with Crippen LogP contribution in [-0.4, -0.2) is 13.3 Å². The van der Waals surface area contributed by atoms with E-state index < -0.39 is 0 Å². The van der Waals surface area contributed by atoms with Crippen molar-refractivity contribution < 1.29 is 0 Å². The number of hydrogen-bond acceptors (Lipinski definition) is 3. The summed E-state index contributed by atoms with van der Waals surface area (Å²) in [5.41, 5.74) is 8.34. The lowest BCUT2D eigenvalue weighted by atomic mass is 10.1. The summed E-state index contributed by atoms with van der Waals surface area (Å²) < 4.78 is 0. The molecular formula is C9H13N3. The summed E-state index contributed by atoms with van der Waals surface area (Å²) >= 11 is 0. The van der Waals surface area contributed by atoms with E-state index in [-0.39, 0.29) is 0 Å². The number of anilines is 1. The van der Waals surface area contributed by atoms with E-state index in [9.17, 15) is 0 Å². The summed E-state index contributed by atoms with van der Waals surface area (Å²) in [6.45, 7) is 0.472. The molecule has 0 aliphatic rings. The molecule has 0 heterocycles. The zero-order valence-corrected chi connectivity index (χ0v) is 7.09. The number of hydrogen-bond donors (Lipinski definition) is 3. The second-order valence-corrected chi connectivity index (χ2v) is 2.48. The van der Waals surface area contributed by atoms with Crippen molar-refractivity contribution in [2.24, 2.45) is 5.73 Å². The molecule has 3 nitrogen and oxygen atoms in total. The first-order valence-electron chi connectivity index (χ1n) is 3.83. The van der Waals surface area contributed by atoms with E-state index >= 15 is 0 Å². The van der Waals surface area contributed by atoms with Gasteiger partial charge in [0.15, 0.2) is 0 Å². The van der Waals surface area contributed by atoms with Crippen LogP contribution in [0.3, 0.4) is 0 Å². The standard InChI is InChI=1S/C9H13N3/c1-12-9-4-2-3-7(5-10)8(9)6-11/h2-4,6,11-12H,5,10H2,1H3. The van der Waals surface area contributed by atoms with Crippen molar-refractivity contribution in [2.75, 3.05) is 12.4 Å². The highest BCUT2D eigenvalue weighted by molar-refractivity contribution is 5.87. The van der Waals surface area contributed by atoms with E-state index in [1.165, 1.54) is 6.21 Å². The van der Waals surface area contributed by atoms with Crippen LogP contribution in [0.25, 0.3) is 0 Å². The third-order valence-corrected chi connectivity index (χ3v) is 1.83. The van der Waals surface area contributed by atoms with Crippen LogP contribution in [-0.2, 0) is 6.54 Å². The largest absolute Gasteiger partial charge is 0.388 e. The highest BCUT2D eigenvalue weighted by Crippen LogP contribution is 2.16. The highest BCUT2D eigenvalue weighted by atomic mass is 14.8. The number of rotatable bonds is 3. The first kappa shape index (κ1) is 8.74. The Bertz CT molecular complexity index is 259.